The van der Waals surface area contributed by atoms with Crippen LogP contribution in [0.4, 0.5) is 11.5 Å². The second-order valence-corrected chi connectivity index (χ2v) is 8.43. The monoisotopic (exact) mass is 359 g/mol. The van der Waals surface area contributed by atoms with Crippen molar-refractivity contribution in [2.45, 2.75) is 18.6 Å². The molecule has 1 aliphatic heterocycles. The van der Waals surface area contributed by atoms with Crippen LogP contribution in [0.1, 0.15) is 28.8 Å². The minimum absolute atomic E-state index is 0.0833. The molecule has 7 heteroatoms. The van der Waals surface area contributed by atoms with E-state index < -0.39 is 9.84 Å². The number of rotatable bonds is 5. The number of carbonyl (C=O) groups excluding carboxylic acids is 1. The van der Waals surface area contributed by atoms with Crippen molar-refractivity contribution in [3.05, 3.63) is 53.7 Å². The summed E-state index contributed by atoms with van der Waals surface area (Å²) in [6.45, 7) is 1.87. The number of benzene rings is 1. The zero-order valence-corrected chi connectivity index (χ0v) is 14.9. The van der Waals surface area contributed by atoms with Crippen LogP contribution < -0.4 is 10.2 Å². The molecule has 1 saturated heterocycles. The number of hydrogen-bond donors (Lipinski definition) is 1. The van der Waals surface area contributed by atoms with E-state index in [1.807, 2.05) is 6.07 Å². The highest BCUT2D eigenvalue weighted by atomic mass is 32.2. The zero-order valence-electron chi connectivity index (χ0n) is 14.1. The first-order valence-corrected chi connectivity index (χ1v) is 10.3. The fraction of sp³-hybridized carbons (Fsp3) is 0.333. The minimum Gasteiger partial charge on any atom is -0.355 e. The average molecular weight is 359 g/mol. The lowest BCUT2D eigenvalue weighted by molar-refractivity contribution is 0.102. The van der Waals surface area contributed by atoms with Gasteiger partial charge in [-0.25, -0.2) is 13.4 Å². The molecule has 0 unspecified atom stereocenters. The fourth-order valence-electron chi connectivity index (χ4n) is 2.98. The van der Waals surface area contributed by atoms with Gasteiger partial charge >= 0.3 is 0 Å². The molecule has 1 aromatic heterocycles. The van der Waals surface area contributed by atoms with Gasteiger partial charge in [-0.15, -0.1) is 0 Å². The molecule has 6 nitrogen and oxygen atoms in total. The molecule has 0 saturated carbocycles. The van der Waals surface area contributed by atoms with Gasteiger partial charge in [0.05, 0.1) is 11.4 Å². The van der Waals surface area contributed by atoms with Gasteiger partial charge in [-0.1, -0.05) is 12.1 Å². The lowest BCUT2D eigenvalue weighted by atomic mass is 10.1. The number of hydrogen-bond acceptors (Lipinski definition) is 5. The number of aromatic nitrogens is 1. The smallest absolute Gasteiger partial charge is 0.255 e. The summed E-state index contributed by atoms with van der Waals surface area (Å²) >= 11 is 0. The van der Waals surface area contributed by atoms with E-state index in [-0.39, 0.29) is 11.7 Å². The molecule has 1 aliphatic rings. The average Bonchev–Trinajstić information content (AvgIpc) is 3.08. The summed E-state index contributed by atoms with van der Waals surface area (Å²) in [5.74, 6) is 0.421. The van der Waals surface area contributed by atoms with Crippen molar-refractivity contribution in [2.24, 2.45) is 0 Å². The summed E-state index contributed by atoms with van der Waals surface area (Å²) in [6, 6.07) is 10.3. The fourth-order valence-corrected chi connectivity index (χ4v) is 3.76. The number of amides is 1. The molecule has 2 aromatic rings. The van der Waals surface area contributed by atoms with Gasteiger partial charge in [0.15, 0.2) is 15.7 Å². The van der Waals surface area contributed by atoms with Crippen LogP contribution in [0, 0.1) is 0 Å². The van der Waals surface area contributed by atoms with Crippen molar-refractivity contribution in [3.63, 3.8) is 0 Å². The summed E-state index contributed by atoms with van der Waals surface area (Å²) < 4.78 is 22.9. The maximum Gasteiger partial charge on any atom is 0.255 e. The molecule has 1 amide bonds. The first-order chi connectivity index (χ1) is 11.9. The van der Waals surface area contributed by atoms with Crippen molar-refractivity contribution in [1.29, 1.82) is 0 Å². The van der Waals surface area contributed by atoms with Crippen LogP contribution in [0.2, 0.25) is 0 Å². The Labute approximate surface area is 147 Å². The van der Waals surface area contributed by atoms with E-state index in [0.717, 1.165) is 31.7 Å². The summed E-state index contributed by atoms with van der Waals surface area (Å²) in [5.41, 5.74) is 1.70. The van der Waals surface area contributed by atoms with E-state index in [9.17, 15) is 13.2 Å². The second kappa shape index (κ2) is 7.23. The van der Waals surface area contributed by atoms with Crippen molar-refractivity contribution >= 4 is 27.2 Å². The molecule has 1 aromatic carbocycles. The predicted octanol–water partition coefficient (Wildman–Crippen LogP) is 2.48. The van der Waals surface area contributed by atoms with Gasteiger partial charge in [0.2, 0.25) is 0 Å². The van der Waals surface area contributed by atoms with Crippen LogP contribution in [0.5, 0.6) is 0 Å². The molecule has 0 aliphatic carbocycles. The third-order valence-corrected chi connectivity index (χ3v) is 4.92. The summed E-state index contributed by atoms with van der Waals surface area (Å²) in [6.07, 6.45) is 5.14. The molecule has 2 heterocycles. The Bertz CT molecular complexity index is 875. The van der Waals surface area contributed by atoms with Crippen molar-refractivity contribution < 1.29 is 13.2 Å². The number of pyridine rings is 1. The normalized spacial score (nSPS) is 14.5. The minimum atomic E-state index is -3.14. The third kappa shape index (κ3) is 4.57. The van der Waals surface area contributed by atoms with Gasteiger partial charge < -0.3 is 10.2 Å². The van der Waals surface area contributed by atoms with Gasteiger partial charge in [-0.05, 0) is 42.7 Å². The molecule has 3 rings (SSSR count). The van der Waals surface area contributed by atoms with Crippen LogP contribution in [0.25, 0.3) is 0 Å². The first kappa shape index (κ1) is 17.4. The molecule has 25 heavy (non-hydrogen) atoms. The Balaban J connectivity index is 1.80. The predicted molar refractivity (Wildman–Crippen MR) is 98.6 cm³/mol. The highest BCUT2D eigenvalue weighted by Gasteiger charge is 2.18. The first-order valence-electron chi connectivity index (χ1n) is 8.20. The van der Waals surface area contributed by atoms with Crippen molar-refractivity contribution in [2.75, 3.05) is 29.6 Å². The molecule has 132 valence electrons. The third-order valence-electron chi connectivity index (χ3n) is 4.06. The molecule has 1 fully saturated rings. The summed E-state index contributed by atoms with van der Waals surface area (Å²) in [7, 11) is -3.14. The maximum absolute atomic E-state index is 12.6. The van der Waals surface area contributed by atoms with E-state index in [0.29, 0.717) is 16.8 Å². The van der Waals surface area contributed by atoms with E-state index in [4.69, 9.17) is 0 Å². The van der Waals surface area contributed by atoms with Crippen LogP contribution >= 0.6 is 0 Å². The Morgan fingerprint density at radius 1 is 1.20 bits per heavy atom. The topological polar surface area (TPSA) is 79.4 Å². The Morgan fingerprint density at radius 3 is 2.68 bits per heavy atom. The van der Waals surface area contributed by atoms with Crippen molar-refractivity contribution in [1.82, 2.24) is 4.98 Å². The summed E-state index contributed by atoms with van der Waals surface area (Å²) in [5, 5.41) is 2.90. The van der Waals surface area contributed by atoms with E-state index in [2.05, 4.69) is 15.2 Å². The number of anilines is 2. The Kier molecular flexibility index (Phi) is 5.03. The quantitative estimate of drug-likeness (QED) is 0.887. The largest absolute Gasteiger partial charge is 0.355 e. The van der Waals surface area contributed by atoms with Crippen molar-refractivity contribution in [3.8, 4) is 0 Å². The lowest BCUT2D eigenvalue weighted by Gasteiger charge is -2.20. The number of sulfone groups is 1. The second-order valence-electron chi connectivity index (χ2n) is 6.29. The zero-order chi connectivity index (χ0) is 17.9. The van der Waals surface area contributed by atoms with Crippen LogP contribution in [0.15, 0.2) is 42.6 Å². The highest BCUT2D eigenvalue weighted by Crippen LogP contribution is 2.26. The van der Waals surface area contributed by atoms with E-state index >= 15 is 0 Å². The molecule has 0 spiro atoms. The van der Waals surface area contributed by atoms with Gasteiger partial charge in [0.1, 0.15) is 0 Å². The Morgan fingerprint density at radius 2 is 1.96 bits per heavy atom. The molecular formula is C18H21N3O3S. The Hall–Kier alpha value is -2.41. The van der Waals surface area contributed by atoms with E-state index in [1.54, 1.807) is 36.5 Å². The SMILES string of the molecule is CS(=O)(=O)Cc1cccc(C(=O)Nc2cccnc2N2CCCC2)c1. The van der Waals surface area contributed by atoms with Gasteiger partial charge in [-0.2, -0.15) is 0 Å². The lowest BCUT2D eigenvalue weighted by Crippen LogP contribution is -2.22. The van der Waals surface area contributed by atoms with Crippen LogP contribution in [0.3, 0.4) is 0 Å². The van der Waals surface area contributed by atoms with Gasteiger partial charge in [0.25, 0.3) is 5.91 Å². The molecule has 1 N–H and O–H groups in total. The van der Waals surface area contributed by atoms with Crippen LogP contribution in [-0.2, 0) is 15.6 Å². The molecular weight excluding hydrogens is 338 g/mol. The molecule has 0 atom stereocenters. The summed E-state index contributed by atoms with van der Waals surface area (Å²) in [4.78, 5) is 19.2. The van der Waals surface area contributed by atoms with Gasteiger partial charge in [-0.3, -0.25) is 4.79 Å². The van der Waals surface area contributed by atoms with E-state index in [1.165, 1.54) is 6.26 Å². The van der Waals surface area contributed by atoms with Gasteiger partial charge in [0, 0.05) is 31.1 Å². The number of nitrogens with one attached hydrogen (secondary N) is 1. The maximum atomic E-state index is 12.6. The standard InChI is InChI=1S/C18H21N3O3S/c1-25(23,24)13-14-6-4-7-15(12-14)18(22)20-16-8-5-9-19-17(16)21-10-2-3-11-21/h4-9,12H,2-3,10-11,13H2,1H3,(H,20,22). The number of nitrogens with zero attached hydrogens (tertiary/aromatic N) is 2. The molecule has 0 bridgehead atoms. The highest BCUT2D eigenvalue weighted by molar-refractivity contribution is 7.89. The number of carbonyl (C=O) groups is 1. The molecule has 0 radical (unpaired) electrons. The van der Waals surface area contributed by atoms with Crippen LogP contribution in [-0.4, -0.2) is 38.7 Å².